The SMILES string of the molecule is CCC(C)=C(O/N=C(\C)c1ccnc2[nH]ccc12)c1ccc(Oc2ccccc2)c(C(F)(F)F)c1. The molecule has 0 bridgehead atoms. The van der Waals surface area contributed by atoms with E-state index in [1.165, 1.54) is 6.07 Å². The first-order valence-corrected chi connectivity index (χ1v) is 11.1. The number of aromatic nitrogens is 2. The van der Waals surface area contributed by atoms with Gasteiger partial charge in [-0.15, -0.1) is 0 Å². The number of aromatic amines is 1. The van der Waals surface area contributed by atoms with E-state index in [4.69, 9.17) is 9.57 Å². The number of H-pyrrole nitrogens is 1. The fraction of sp³-hybridized carbons (Fsp3) is 0.185. The molecule has 0 aliphatic rings. The van der Waals surface area contributed by atoms with E-state index in [0.717, 1.165) is 22.6 Å². The number of para-hydroxylation sites is 1. The number of allylic oxidation sites excluding steroid dienone is 1. The molecule has 5 nitrogen and oxygen atoms in total. The summed E-state index contributed by atoms with van der Waals surface area (Å²) in [5, 5.41) is 5.13. The van der Waals surface area contributed by atoms with Gasteiger partial charge in [0, 0.05) is 28.9 Å². The summed E-state index contributed by atoms with van der Waals surface area (Å²) in [4.78, 5) is 13.1. The highest BCUT2D eigenvalue weighted by Crippen LogP contribution is 2.40. The van der Waals surface area contributed by atoms with E-state index in [1.54, 1.807) is 62.6 Å². The molecule has 0 aliphatic heterocycles. The summed E-state index contributed by atoms with van der Waals surface area (Å²) < 4.78 is 47.4. The molecule has 2 aromatic carbocycles. The molecule has 4 rings (SSSR count). The van der Waals surface area contributed by atoms with Gasteiger partial charge in [-0.3, -0.25) is 0 Å². The molecule has 8 heteroatoms. The van der Waals surface area contributed by atoms with Crippen molar-refractivity contribution in [2.75, 3.05) is 0 Å². The first-order chi connectivity index (χ1) is 16.8. The molecule has 0 fully saturated rings. The summed E-state index contributed by atoms with van der Waals surface area (Å²) in [7, 11) is 0. The molecular formula is C27H24F3N3O2. The van der Waals surface area contributed by atoms with Crippen molar-refractivity contribution < 1.29 is 22.7 Å². The summed E-state index contributed by atoms with van der Waals surface area (Å²) in [6.45, 7) is 5.48. The van der Waals surface area contributed by atoms with Crippen LogP contribution >= 0.6 is 0 Å². The van der Waals surface area contributed by atoms with E-state index in [0.29, 0.717) is 23.5 Å². The van der Waals surface area contributed by atoms with Crippen LogP contribution in [0.3, 0.4) is 0 Å². The fourth-order valence-corrected chi connectivity index (χ4v) is 3.57. The second-order valence-electron chi connectivity index (χ2n) is 7.95. The van der Waals surface area contributed by atoms with Crippen LogP contribution in [0.5, 0.6) is 11.5 Å². The van der Waals surface area contributed by atoms with E-state index < -0.39 is 11.7 Å². The van der Waals surface area contributed by atoms with Gasteiger partial charge in [0.15, 0.2) is 5.76 Å². The number of hydrogen-bond donors (Lipinski definition) is 1. The third-order valence-corrected chi connectivity index (χ3v) is 5.56. The number of pyridine rings is 1. The predicted octanol–water partition coefficient (Wildman–Crippen LogP) is 7.96. The maximum atomic E-state index is 14.0. The average molecular weight is 480 g/mol. The Kier molecular flexibility index (Phi) is 6.91. The molecule has 0 aliphatic carbocycles. The quantitative estimate of drug-likeness (QED) is 0.166. The number of nitrogens with one attached hydrogen (secondary N) is 1. The van der Waals surface area contributed by atoms with Crippen LogP contribution in [0.25, 0.3) is 16.8 Å². The third kappa shape index (κ3) is 5.37. The first-order valence-electron chi connectivity index (χ1n) is 11.1. The molecule has 180 valence electrons. The van der Waals surface area contributed by atoms with Gasteiger partial charge in [-0.2, -0.15) is 13.2 Å². The van der Waals surface area contributed by atoms with Gasteiger partial charge in [-0.1, -0.05) is 30.3 Å². The normalized spacial score (nSPS) is 13.0. The summed E-state index contributed by atoms with van der Waals surface area (Å²) in [6.07, 6.45) is -0.617. The highest BCUT2D eigenvalue weighted by molar-refractivity contribution is 6.08. The molecule has 1 N–H and O–H groups in total. The molecular weight excluding hydrogens is 455 g/mol. The van der Waals surface area contributed by atoms with Crippen LogP contribution in [0.2, 0.25) is 0 Å². The zero-order valence-corrected chi connectivity index (χ0v) is 19.5. The lowest BCUT2D eigenvalue weighted by Crippen LogP contribution is -2.08. The standard InChI is InChI=1S/C27H24F3N3O2/c1-4-17(2)25(35-33-18(3)21-12-14-31-26-22(21)13-15-32-26)19-10-11-24(23(16-19)27(28,29)30)34-20-8-6-5-7-9-20/h5-16H,4H2,1-3H3,(H,31,32)/b25-17?,33-18+. The predicted molar refractivity (Wildman–Crippen MR) is 130 cm³/mol. The molecule has 0 spiro atoms. The maximum Gasteiger partial charge on any atom is 0.420 e. The molecule has 0 radical (unpaired) electrons. The molecule has 0 amide bonds. The van der Waals surface area contributed by atoms with E-state index in [2.05, 4.69) is 15.1 Å². The number of rotatable bonds is 7. The summed E-state index contributed by atoms with van der Waals surface area (Å²) >= 11 is 0. The zero-order chi connectivity index (χ0) is 25.0. The van der Waals surface area contributed by atoms with Crippen molar-refractivity contribution in [3.8, 4) is 11.5 Å². The lowest BCUT2D eigenvalue weighted by Gasteiger charge is -2.17. The van der Waals surface area contributed by atoms with Gasteiger partial charge >= 0.3 is 6.18 Å². The molecule has 4 aromatic rings. The lowest BCUT2D eigenvalue weighted by molar-refractivity contribution is -0.138. The number of fused-ring (bicyclic) bond motifs is 1. The molecule has 0 saturated carbocycles. The Balaban J connectivity index is 1.70. The average Bonchev–Trinajstić information content (AvgIpc) is 3.33. The Morgan fingerprint density at radius 3 is 2.51 bits per heavy atom. The van der Waals surface area contributed by atoms with Crippen molar-refractivity contribution in [1.29, 1.82) is 0 Å². The van der Waals surface area contributed by atoms with Gasteiger partial charge in [-0.25, -0.2) is 4.98 Å². The number of nitrogens with zero attached hydrogens (tertiary/aromatic N) is 2. The highest BCUT2D eigenvalue weighted by Gasteiger charge is 2.35. The molecule has 0 atom stereocenters. The monoisotopic (exact) mass is 479 g/mol. The van der Waals surface area contributed by atoms with Gasteiger partial charge in [-0.05, 0) is 68.3 Å². The van der Waals surface area contributed by atoms with Crippen LogP contribution in [-0.4, -0.2) is 15.7 Å². The largest absolute Gasteiger partial charge is 0.457 e. The number of hydrogen-bond acceptors (Lipinski definition) is 4. The van der Waals surface area contributed by atoms with Crippen LogP contribution in [0, 0.1) is 0 Å². The molecule has 0 unspecified atom stereocenters. The topological polar surface area (TPSA) is 59.5 Å². The van der Waals surface area contributed by atoms with Crippen LogP contribution < -0.4 is 4.74 Å². The van der Waals surface area contributed by atoms with Crippen molar-refractivity contribution in [3.05, 3.63) is 95.3 Å². The van der Waals surface area contributed by atoms with Gasteiger partial charge in [0.05, 0.1) is 11.3 Å². The first kappa shape index (κ1) is 24.1. The van der Waals surface area contributed by atoms with E-state index in [1.807, 2.05) is 19.1 Å². The smallest absolute Gasteiger partial charge is 0.420 e. The number of ether oxygens (including phenoxy) is 1. The van der Waals surface area contributed by atoms with Gasteiger partial charge in [0.2, 0.25) is 0 Å². The minimum Gasteiger partial charge on any atom is -0.457 e. The second kappa shape index (κ2) is 10.0. The van der Waals surface area contributed by atoms with Gasteiger partial charge < -0.3 is 14.6 Å². The number of benzene rings is 2. The van der Waals surface area contributed by atoms with Crippen LogP contribution in [0.1, 0.15) is 43.9 Å². The Labute approximate surface area is 200 Å². The van der Waals surface area contributed by atoms with E-state index in [9.17, 15) is 13.2 Å². The van der Waals surface area contributed by atoms with Crippen LogP contribution in [0.4, 0.5) is 13.2 Å². The zero-order valence-electron chi connectivity index (χ0n) is 19.5. The van der Waals surface area contributed by atoms with Crippen LogP contribution in [0.15, 0.2) is 83.8 Å². The van der Waals surface area contributed by atoms with Crippen molar-refractivity contribution in [2.45, 2.75) is 33.4 Å². The maximum absolute atomic E-state index is 14.0. The minimum atomic E-state index is -4.62. The second-order valence-corrected chi connectivity index (χ2v) is 7.95. The fourth-order valence-electron chi connectivity index (χ4n) is 3.57. The highest BCUT2D eigenvalue weighted by atomic mass is 19.4. The van der Waals surface area contributed by atoms with Gasteiger partial charge in [0.1, 0.15) is 17.1 Å². The summed E-state index contributed by atoms with van der Waals surface area (Å²) in [5.74, 6) is 0.298. The Morgan fingerprint density at radius 1 is 1.03 bits per heavy atom. The number of halogens is 3. The Hall–Kier alpha value is -4.07. The summed E-state index contributed by atoms with van der Waals surface area (Å²) in [5.41, 5.74) is 2.21. The molecule has 2 aromatic heterocycles. The van der Waals surface area contributed by atoms with E-state index in [-0.39, 0.29) is 17.1 Å². The number of alkyl halides is 3. The lowest BCUT2D eigenvalue weighted by atomic mass is 10.0. The van der Waals surface area contributed by atoms with Crippen LogP contribution in [-0.2, 0) is 11.0 Å². The van der Waals surface area contributed by atoms with Crippen molar-refractivity contribution in [3.63, 3.8) is 0 Å². The Bertz CT molecular complexity index is 1390. The minimum absolute atomic E-state index is 0.259. The summed E-state index contributed by atoms with van der Waals surface area (Å²) in [6, 6.07) is 15.9. The Morgan fingerprint density at radius 2 is 1.80 bits per heavy atom. The van der Waals surface area contributed by atoms with E-state index >= 15 is 0 Å². The van der Waals surface area contributed by atoms with Crippen molar-refractivity contribution >= 4 is 22.5 Å². The van der Waals surface area contributed by atoms with Crippen molar-refractivity contribution in [1.82, 2.24) is 9.97 Å². The molecule has 35 heavy (non-hydrogen) atoms. The molecule has 2 heterocycles. The van der Waals surface area contributed by atoms with Gasteiger partial charge in [0.25, 0.3) is 0 Å². The molecule has 0 saturated heterocycles. The van der Waals surface area contributed by atoms with Crippen molar-refractivity contribution in [2.24, 2.45) is 5.16 Å². The third-order valence-electron chi connectivity index (χ3n) is 5.56. The number of oxime groups is 1.